The molecule has 0 N–H and O–H groups in total. The summed E-state index contributed by atoms with van der Waals surface area (Å²) < 4.78 is 26.3. The lowest BCUT2D eigenvalue weighted by Crippen LogP contribution is -2.31. The average molecular weight is 197 g/mol. The van der Waals surface area contributed by atoms with Gasteiger partial charge in [-0.1, -0.05) is 6.42 Å². The van der Waals surface area contributed by atoms with E-state index in [0.717, 1.165) is 12.8 Å². The summed E-state index contributed by atoms with van der Waals surface area (Å²) >= 11 is 5.47. The van der Waals surface area contributed by atoms with Crippen molar-refractivity contribution < 1.29 is 8.78 Å². The van der Waals surface area contributed by atoms with Gasteiger partial charge in [-0.25, -0.2) is 8.78 Å². The molecule has 0 aromatic heterocycles. The molecule has 3 heteroatoms. The fourth-order valence-electron chi connectivity index (χ4n) is 1.85. The Balaban J connectivity index is 2.37. The zero-order valence-electron chi connectivity index (χ0n) is 7.16. The van der Waals surface area contributed by atoms with Gasteiger partial charge in [0.15, 0.2) is 0 Å². The molecule has 0 nitrogen and oxygen atoms in total. The molecule has 1 aliphatic rings. The predicted octanol–water partition coefficient (Wildman–Crippen LogP) is 3.83. The lowest BCUT2D eigenvalue weighted by Gasteiger charge is -2.31. The van der Waals surface area contributed by atoms with Crippen molar-refractivity contribution in [1.82, 2.24) is 0 Å². The van der Waals surface area contributed by atoms with Gasteiger partial charge in [-0.15, -0.1) is 11.6 Å². The van der Waals surface area contributed by atoms with Crippen LogP contribution >= 0.6 is 11.6 Å². The zero-order chi connectivity index (χ0) is 9.03. The van der Waals surface area contributed by atoms with Crippen molar-refractivity contribution in [2.45, 2.75) is 44.4 Å². The molecule has 0 aromatic carbocycles. The van der Waals surface area contributed by atoms with Crippen LogP contribution in [0.3, 0.4) is 0 Å². The van der Waals surface area contributed by atoms with E-state index in [-0.39, 0.29) is 6.42 Å². The molecule has 0 bridgehead atoms. The highest BCUT2D eigenvalue weighted by Crippen LogP contribution is 2.40. The number of halogens is 3. The van der Waals surface area contributed by atoms with E-state index in [1.54, 1.807) is 0 Å². The Bertz CT molecular complexity index is 136. The smallest absolute Gasteiger partial charge is 0.207 e. The third-order valence-corrected chi connectivity index (χ3v) is 2.86. The molecule has 1 fully saturated rings. The molecule has 0 amide bonds. The van der Waals surface area contributed by atoms with Crippen LogP contribution in [-0.2, 0) is 0 Å². The van der Waals surface area contributed by atoms with Crippen LogP contribution in [0.15, 0.2) is 0 Å². The van der Waals surface area contributed by atoms with Crippen molar-refractivity contribution in [3.63, 3.8) is 0 Å². The van der Waals surface area contributed by atoms with Gasteiger partial charge in [0.25, 0.3) is 5.92 Å². The minimum Gasteiger partial charge on any atom is -0.207 e. The molecule has 0 heterocycles. The number of hydrogen-bond acceptors (Lipinski definition) is 0. The number of alkyl halides is 3. The second-order valence-corrected chi connectivity index (χ2v) is 3.91. The molecule has 0 aliphatic heterocycles. The lowest BCUT2D eigenvalue weighted by molar-refractivity contribution is -0.0881. The van der Waals surface area contributed by atoms with Gasteiger partial charge in [0, 0.05) is 18.2 Å². The second-order valence-electron chi connectivity index (χ2n) is 3.53. The topological polar surface area (TPSA) is 0 Å². The van der Waals surface area contributed by atoms with Crippen molar-refractivity contribution in [2.75, 3.05) is 5.88 Å². The van der Waals surface area contributed by atoms with Crippen LogP contribution in [0.4, 0.5) is 8.78 Å². The Kier molecular flexibility index (Phi) is 3.76. The summed E-state index contributed by atoms with van der Waals surface area (Å²) in [5.74, 6) is -2.30. The normalized spacial score (nSPS) is 28.8. The molecule has 12 heavy (non-hydrogen) atoms. The van der Waals surface area contributed by atoms with Gasteiger partial charge < -0.3 is 0 Å². The van der Waals surface area contributed by atoms with Crippen LogP contribution in [0.25, 0.3) is 0 Å². The van der Waals surface area contributed by atoms with Crippen LogP contribution in [-0.4, -0.2) is 11.8 Å². The largest absolute Gasteiger partial charge is 0.250 e. The van der Waals surface area contributed by atoms with Gasteiger partial charge in [-0.2, -0.15) is 0 Å². The SMILES string of the molecule is FC1(F)CCCCC1CCCCl. The first-order chi connectivity index (χ1) is 5.67. The highest BCUT2D eigenvalue weighted by molar-refractivity contribution is 6.17. The predicted molar refractivity (Wildman–Crippen MR) is 46.9 cm³/mol. The number of hydrogen-bond donors (Lipinski definition) is 0. The molecular weight excluding hydrogens is 182 g/mol. The summed E-state index contributed by atoms with van der Waals surface area (Å²) in [5, 5.41) is 0. The van der Waals surface area contributed by atoms with Crippen LogP contribution in [0.5, 0.6) is 0 Å². The van der Waals surface area contributed by atoms with Crippen LogP contribution in [0.1, 0.15) is 38.5 Å². The van der Waals surface area contributed by atoms with Crippen LogP contribution < -0.4 is 0 Å². The summed E-state index contributed by atoms with van der Waals surface area (Å²) in [4.78, 5) is 0. The van der Waals surface area contributed by atoms with Gasteiger partial charge >= 0.3 is 0 Å². The molecule has 72 valence electrons. The lowest BCUT2D eigenvalue weighted by atomic mass is 9.83. The van der Waals surface area contributed by atoms with Crippen LogP contribution in [0, 0.1) is 5.92 Å². The summed E-state index contributed by atoms with van der Waals surface area (Å²) in [7, 11) is 0. The van der Waals surface area contributed by atoms with E-state index < -0.39 is 11.8 Å². The van der Waals surface area contributed by atoms with Crippen molar-refractivity contribution in [3.05, 3.63) is 0 Å². The molecule has 1 aliphatic carbocycles. The van der Waals surface area contributed by atoms with E-state index in [2.05, 4.69) is 0 Å². The van der Waals surface area contributed by atoms with E-state index in [9.17, 15) is 8.78 Å². The Morgan fingerprint density at radius 1 is 1.33 bits per heavy atom. The first kappa shape index (κ1) is 10.2. The van der Waals surface area contributed by atoms with Gasteiger partial charge in [-0.05, 0) is 25.7 Å². The third kappa shape index (κ3) is 2.58. The van der Waals surface area contributed by atoms with Crippen molar-refractivity contribution in [1.29, 1.82) is 0 Å². The first-order valence-electron chi connectivity index (χ1n) is 4.60. The molecular formula is C9H15ClF2. The zero-order valence-corrected chi connectivity index (χ0v) is 7.92. The van der Waals surface area contributed by atoms with E-state index in [1.165, 1.54) is 0 Å². The Morgan fingerprint density at radius 2 is 2.08 bits per heavy atom. The Labute approximate surface area is 77.3 Å². The van der Waals surface area contributed by atoms with E-state index in [1.807, 2.05) is 0 Å². The molecule has 1 unspecified atom stereocenters. The Morgan fingerprint density at radius 3 is 2.67 bits per heavy atom. The summed E-state index contributed by atoms with van der Waals surface area (Å²) in [5.41, 5.74) is 0. The van der Waals surface area contributed by atoms with Gasteiger partial charge in [-0.3, -0.25) is 0 Å². The quantitative estimate of drug-likeness (QED) is 0.602. The third-order valence-electron chi connectivity index (χ3n) is 2.60. The summed E-state index contributed by atoms with van der Waals surface area (Å²) in [6.45, 7) is 0. The minimum atomic E-state index is -2.41. The van der Waals surface area contributed by atoms with Gasteiger partial charge in [0.1, 0.15) is 0 Å². The molecule has 0 radical (unpaired) electrons. The standard InChI is InChI=1S/C9H15ClF2/c10-7-3-5-8-4-1-2-6-9(8,11)12/h8H,1-7H2. The van der Waals surface area contributed by atoms with Crippen molar-refractivity contribution in [3.8, 4) is 0 Å². The fraction of sp³-hybridized carbons (Fsp3) is 1.00. The maximum atomic E-state index is 13.1. The molecule has 1 rings (SSSR count). The molecule has 0 aromatic rings. The van der Waals surface area contributed by atoms with Gasteiger partial charge in [0.05, 0.1) is 0 Å². The van der Waals surface area contributed by atoms with E-state index in [0.29, 0.717) is 25.1 Å². The van der Waals surface area contributed by atoms with Crippen molar-refractivity contribution >= 4 is 11.6 Å². The average Bonchev–Trinajstić information content (AvgIpc) is 2.02. The summed E-state index contributed by atoms with van der Waals surface area (Å²) in [6.07, 6.45) is 3.73. The molecule has 1 atom stereocenters. The Hall–Kier alpha value is 0.150. The van der Waals surface area contributed by atoms with E-state index >= 15 is 0 Å². The van der Waals surface area contributed by atoms with Crippen molar-refractivity contribution in [2.24, 2.45) is 5.92 Å². The van der Waals surface area contributed by atoms with Crippen LogP contribution in [0.2, 0.25) is 0 Å². The number of rotatable bonds is 3. The fourth-order valence-corrected chi connectivity index (χ4v) is 2.00. The minimum absolute atomic E-state index is 0.0833. The first-order valence-corrected chi connectivity index (χ1v) is 5.14. The molecule has 0 saturated heterocycles. The second kappa shape index (κ2) is 4.40. The maximum absolute atomic E-state index is 13.1. The monoisotopic (exact) mass is 196 g/mol. The van der Waals surface area contributed by atoms with Gasteiger partial charge in [0.2, 0.25) is 0 Å². The molecule has 0 spiro atoms. The molecule has 1 saturated carbocycles. The maximum Gasteiger partial charge on any atom is 0.250 e. The highest BCUT2D eigenvalue weighted by atomic mass is 35.5. The highest BCUT2D eigenvalue weighted by Gasteiger charge is 2.40. The van der Waals surface area contributed by atoms with E-state index in [4.69, 9.17) is 11.6 Å². The summed E-state index contributed by atoms with van der Waals surface area (Å²) in [6, 6.07) is 0.